The van der Waals surface area contributed by atoms with E-state index < -0.39 is 0 Å². The number of esters is 1. The average molecular weight is 295 g/mol. The van der Waals surface area contributed by atoms with Crippen LogP contribution >= 0.6 is 0 Å². The van der Waals surface area contributed by atoms with Crippen molar-refractivity contribution in [2.24, 2.45) is 0 Å². The molecule has 0 radical (unpaired) electrons. The highest BCUT2D eigenvalue weighted by Gasteiger charge is 2.15. The molecule has 0 fully saturated rings. The first-order valence-electron chi connectivity index (χ1n) is 7.30. The zero-order valence-electron chi connectivity index (χ0n) is 12.8. The Kier molecular flexibility index (Phi) is 5.92. The summed E-state index contributed by atoms with van der Waals surface area (Å²) in [6.45, 7) is 5.97. The molecule has 2 aromatic rings. The molecule has 1 N–H and O–H groups in total. The molecule has 2 rings (SSSR count). The van der Waals surface area contributed by atoms with Gasteiger partial charge in [0.1, 0.15) is 6.61 Å². The smallest absolute Gasteiger partial charge is 0.320 e. The first-order chi connectivity index (χ1) is 10.7. The summed E-state index contributed by atoms with van der Waals surface area (Å²) in [6.07, 6.45) is 0. The van der Waals surface area contributed by atoms with E-state index in [0.717, 1.165) is 16.7 Å². The molecule has 0 aliphatic heterocycles. The molecule has 114 valence electrons. The van der Waals surface area contributed by atoms with Crippen LogP contribution in [0.15, 0.2) is 72.8 Å². The van der Waals surface area contributed by atoms with Crippen LogP contribution in [-0.4, -0.2) is 19.1 Å². The highest BCUT2D eigenvalue weighted by Crippen LogP contribution is 2.21. The Bertz CT molecular complexity index is 568. The van der Waals surface area contributed by atoms with E-state index in [2.05, 4.69) is 11.9 Å². The maximum atomic E-state index is 11.8. The molecule has 0 aliphatic rings. The lowest BCUT2D eigenvalue weighted by Gasteiger charge is -2.19. The van der Waals surface area contributed by atoms with Crippen molar-refractivity contribution in [3.63, 3.8) is 0 Å². The largest absolute Gasteiger partial charge is 0.460 e. The van der Waals surface area contributed by atoms with Crippen molar-refractivity contribution < 1.29 is 9.53 Å². The molecule has 2 aromatic carbocycles. The lowest BCUT2D eigenvalue weighted by molar-refractivity contribution is -0.141. The maximum absolute atomic E-state index is 11.8. The third-order valence-corrected chi connectivity index (χ3v) is 3.20. The Morgan fingerprint density at radius 2 is 1.55 bits per heavy atom. The molecule has 22 heavy (non-hydrogen) atoms. The van der Waals surface area contributed by atoms with Crippen LogP contribution in [0.4, 0.5) is 0 Å². The number of nitrogens with one attached hydrogen (secondary N) is 1. The zero-order chi connectivity index (χ0) is 15.8. The van der Waals surface area contributed by atoms with Crippen molar-refractivity contribution in [2.45, 2.75) is 13.0 Å². The summed E-state index contributed by atoms with van der Waals surface area (Å²) < 4.78 is 5.12. The number of rotatable bonds is 7. The van der Waals surface area contributed by atoms with Crippen molar-refractivity contribution >= 4 is 5.97 Å². The molecule has 0 atom stereocenters. The molecule has 0 aliphatic carbocycles. The van der Waals surface area contributed by atoms with Gasteiger partial charge in [-0.25, -0.2) is 0 Å². The number of carbonyl (C=O) groups is 1. The second-order valence-electron chi connectivity index (χ2n) is 5.25. The normalized spacial score (nSPS) is 10.5. The van der Waals surface area contributed by atoms with Crippen molar-refractivity contribution in [1.29, 1.82) is 0 Å². The van der Waals surface area contributed by atoms with Gasteiger partial charge in [0.25, 0.3) is 0 Å². The van der Waals surface area contributed by atoms with Crippen LogP contribution in [-0.2, 0) is 9.53 Å². The molecule has 3 heteroatoms. The fourth-order valence-corrected chi connectivity index (χ4v) is 2.16. The number of ether oxygens (including phenoxy) is 1. The van der Waals surface area contributed by atoms with E-state index >= 15 is 0 Å². The summed E-state index contributed by atoms with van der Waals surface area (Å²) >= 11 is 0. The van der Waals surface area contributed by atoms with Gasteiger partial charge in [-0.3, -0.25) is 10.1 Å². The summed E-state index contributed by atoms with van der Waals surface area (Å²) in [7, 11) is 0. The Morgan fingerprint density at radius 1 is 1.05 bits per heavy atom. The summed E-state index contributed by atoms with van der Waals surface area (Å²) in [5.41, 5.74) is 3.05. The Hall–Kier alpha value is -2.39. The van der Waals surface area contributed by atoms with Gasteiger partial charge >= 0.3 is 5.97 Å². The monoisotopic (exact) mass is 295 g/mol. The lowest BCUT2D eigenvalue weighted by Crippen LogP contribution is -2.29. The minimum atomic E-state index is -0.278. The molecular weight excluding hydrogens is 274 g/mol. The Labute approximate surface area is 131 Å². The second kappa shape index (κ2) is 8.15. The van der Waals surface area contributed by atoms with Gasteiger partial charge < -0.3 is 4.74 Å². The molecule has 3 nitrogen and oxygen atoms in total. The van der Waals surface area contributed by atoms with E-state index in [0.29, 0.717) is 0 Å². The summed E-state index contributed by atoms with van der Waals surface area (Å²) in [6, 6.07) is 20.1. The number of hydrogen-bond donors (Lipinski definition) is 1. The van der Waals surface area contributed by atoms with Crippen molar-refractivity contribution in [1.82, 2.24) is 5.32 Å². The van der Waals surface area contributed by atoms with Gasteiger partial charge in [0.15, 0.2) is 0 Å². The quantitative estimate of drug-likeness (QED) is 0.628. The molecule has 0 bridgehead atoms. The summed E-state index contributed by atoms with van der Waals surface area (Å²) in [5.74, 6) is -0.278. The lowest BCUT2D eigenvalue weighted by atomic mass is 9.99. The van der Waals surface area contributed by atoms with Gasteiger partial charge in [0.2, 0.25) is 0 Å². The Balaban J connectivity index is 2.06. The van der Waals surface area contributed by atoms with E-state index in [1.807, 2.05) is 67.6 Å². The van der Waals surface area contributed by atoms with Crippen molar-refractivity contribution in [2.75, 3.05) is 13.2 Å². The highest BCUT2D eigenvalue weighted by atomic mass is 16.5. The average Bonchev–Trinajstić information content (AvgIpc) is 2.55. The Morgan fingerprint density at radius 3 is 2.00 bits per heavy atom. The molecule has 0 saturated heterocycles. The van der Waals surface area contributed by atoms with Gasteiger partial charge in [0.05, 0.1) is 12.6 Å². The van der Waals surface area contributed by atoms with E-state index in [9.17, 15) is 4.79 Å². The molecule has 0 saturated carbocycles. The molecule has 0 aromatic heterocycles. The van der Waals surface area contributed by atoms with Gasteiger partial charge in [0, 0.05) is 0 Å². The van der Waals surface area contributed by atoms with Crippen LogP contribution in [0.1, 0.15) is 24.1 Å². The molecule has 0 unspecified atom stereocenters. The van der Waals surface area contributed by atoms with Crippen LogP contribution in [0.25, 0.3) is 0 Å². The second-order valence-corrected chi connectivity index (χ2v) is 5.25. The number of carbonyl (C=O) groups excluding carboxylic acids is 1. The van der Waals surface area contributed by atoms with Gasteiger partial charge in [-0.05, 0) is 23.6 Å². The molecule has 0 heterocycles. The van der Waals surface area contributed by atoms with Crippen molar-refractivity contribution in [3.8, 4) is 0 Å². The van der Waals surface area contributed by atoms with Crippen LogP contribution in [0.5, 0.6) is 0 Å². The standard InChI is InChI=1S/C19H21NO2/c1-15(2)14-22-18(21)13-20-19(16-9-5-3-6-10-16)17-11-7-4-8-12-17/h3-12,19-20H,1,13-14H2,2H3. The summed E-state index contributed by atoms with van der Waals surface area (Å²) in [5, 5.41) is 3.27. The summed E-state index contributed by atoms with van der Waals surface area (Å²) in [4.78, 5) is 11.8. The number of hydrogen-bond acceptors (Lipinski definition) is 3. The van der Waals surface area contributed by atoms with E-state index in [-0.39, 0.29) is 25.2 Å². The minimum absolute atomic E-state index is 0.0419. The van der Waals surface area contributed by atoms with Crippen LogP contribution in [0.2, 0.25) is 0 Å². The zero-order valence-corrected chi connectivity index (χ0v) is 12.8. The van der Waals surface area contributed by atoms with Crippen LogP contribution in [0.3, 0.4) is 0 Å². The highest BCUT2D eigenvalue weighted by molar-refractivity contribution is 5.72. The third-order valence-electron chi connectivity index (χ3n) is 3.20. The van der Waals surface area contributed by atoms with Gasteiger partial charge in [-0.1, -0.05) is 67.2 Å². The maximum Gasteiger partial charge on any atom is 0.320 e. The van der Waals surface area contributed by atoms with Crippen LogP contribution in [0, 0.1) is 0 Å². The fourth-order valence-electron chi connectivity index (χ4n) is 2.16. The predicted molar refractivity (Wildman–Crippen MR) is 88.5 cm³/mol. The molecule has 0 spiro atoms. The first-order valence-corrected chi connectivity index (χ1v) is 7.30. The van der Waals surface area contributed by atoms with E-state index in [1.165, 1.54) is 0 Å². The van der Waals surface area contributed by atoms with Gasteiger partial charge in [-0.15, -0.1) is 0 Å². The predicted octanol–water partition coefficient (Wildman–Crippen LogP) is 3.48. The third kappa shape index (κ3) is 4.86. The van der Waals surface area contributed by atoms with E-state index in [1.54, 1.807) is 0 Å². The first kappa shape index (κ1) is 16.0. The van der Waals surface area contributed by atoms with Crippen molar-refractivity contribution in [3.05, 3.63) is 83.9 Å². The molecule has 0 amide bonds. The van der Waals surface area contributed by atoms with Gasteiger partial charge in [-0.2, -0.15) is 0 Å². The SMILES string of the molecule is C=C(C)COC(=O)CNC(c1ccccc1)c1ccccc1. The topological polar surface area (TPSA) is 38.3 Å². The minimum Gasteiger partial charge on any atom is -0.460 e. The van der Waals surface area contributed by atoms with E-state index in [4.69, 9.17) is 4.74 Å². The molecular formula is C19H21NO2. The number of benzene rings is 2. The fraction of sp³-hybridized carbons (Fsp3) is 0.211. The van der Waals surface area contributed by atoms with Crippen LogP contribution < -0.4 is 5.32 Å².